The Labute approximate surface area is 130 Å². The van der Waals surface area contributed by atoms with Gasteiger partial charge in [0.05, 0.1) is 0 Å². The summed E-state index contributed by atoms with van der Waals surface area (Å²) in [6.45, 7) is 4.33. The van der Waals surface area contributed by atoms with Gasteiger partial charge in [-0.25, -0.2) is 4.98 Å². The minimum Gasteiger partial charge on any atom is -0.346 e. The predicted octanol–water partition coefficient (Wildman–Crippen LogP) is 2.00. The number of nitrogens with one attached hydrogen (secondary N) is 1. The highest BCUT2D eigenvalue weighted by Gasteiger charge is 2.36. The van der Waals surface area contributed by atoms with Crippen molar-refractivity contribution in [2.45, 2.75) is 44.7 Å². The minimum absolute atomic E-state index is 0.0428. The maximum absolute atomic E-state index is 12.5. The number of imidazole rings is 1. The topological polar surface area (TPSA) is 49.6 Å². The molecular weight excluding hydrogens is 276 g/mol. The van der Waals surface area contributed by atoms with E-state index in [9.17, 15) is 4.79 Å². The molecule has 0 aromatic carbocycles. The number of carbonyl (C=O) groups excluding carboxylic acids is 1. The van der Waals surface area contributed by atoms with Gasteiger partial charge in [-0.05, 0) is 50.4 Å². The van der Waals surface area contributed by atoms with E-state index in [1.54, 1.807) is 0 Å². The lowest BCUT2D eigenvalue weighted by molar-refractivity contribution is 0.0911. The van der Waals surface area contributed by atoms with Crippen LogP contribution in [0.4, 0.5) is 0 Å². The van der Waals surface area contributed by atoms with Crippen molar-refractivity contribution < 1.29 is 4.79 Å². The molecule has 2 aromatic rings. The Balaban J connectivity index is 1.51. The van der Waals surface area contributed by atoms with Crippen molar-refractivity contribution in [3.63, 3.8) is 0 Å². The third-order valence-corrected chi connectivity index (χ3v) is 5.02. The molecule has 0 radical (unpaired) electrons. The Bertz CT molecular complexity index is 708. The summed E-state index contributed by atoms with van der Waals surface area (Å²) >= 11 is 0. The van der Waals surface area contributed by atoms with Gasteiger partial charge in [0.15, 0.2) is 0 Å². The Morgan fingerprint density at radius 1 is 1.32 bits per heavy atom. The van der Waals surface area contributed by atoms with Crippen LogP contribution in [0.15, 0.2) is 24.5 Å². The van der Waals surface area contributed by atoms with Gasteiger partial charge < -0.3 is 9.72 Å². The number of hydrogen-bond donors (Lipinski definition) is 1. The fraction of sp³-hybridized carbons (Fsp3) is 0.529. The molecule has 4 heterocycles. The van der Waals surface area contributed by atoms with Crippen LogP contribution < -0.4 is 5.32 Å². The van der Waals surface area contributed by atoms with Crippen LogP contribution in [-0.4, -0.2) is 45.4 Å². The number of rotatable bonds is 2. The molecule has 2 saturated heterocycles. The molecule has 2 aromatic heterocycles. The molecule has 22 heavy (non-hydrogen) atoms. The van der Waals surface area contributed by atoms with Crippen LogP contribution in [0.25, 0.3) is 5.65 Å². The minimum atomic E-state index is -0.0428. The van der Waals surface area contributed by atoms with Crippen molar-refractivity contribution >= 4 is 11.6 Å². The molecule has 0 aliphatic carbocycles. The van der Waals surface area contributed by atoms with E-state index in [4.69, 9.17) is 0 Å². The summed E-state index contributed by atoms with van der Waals surface area (Å²) in [6, 6.07) is 4.82. The molecule has 5 nitrogen and oxygen atoms in total. The van der Waals surface area contributed by atoms with Crippen LogP contribution in [0, 0.1) is 6.92 Å². The normalized spacial score (nSPS) is 25.3. The number of carbonyl (C=O) groups is 1. The van der Waals surface area contributed by atoms with Crippen molar-refractivity contribution in [2.24, 2.45) is 0 Å². The summed E-state index contributed by atoms with van der Waals surface area (Å²) in [5.41, 5.74) is 2.49. The first-order valence-corrected chi connectivity index (χ1v) is 8.21. The first kappa shape index (κ1) is 13.8. The lowest BCUT2D eigenvalue weighted by Gasteiger charge is -2.32. The molecule has 2 aliphatic rings. The quantitative estimate of drug-likeness (QED) is 0.922. The van der Waals surface area contributed by atoms with Crippen LogP contribution >= 0.6 is 0 Å². The van der Waals surface area contributed by atoms with E-state index in [0.29, 0.717) is 11.7 Å². The number of aromatic nitrogens is 2. The molecule has 2 fully saturated rings. The third-order valence-electron chi connectivity index (χ3n) is 5.02. The zero-order chi connectivity index (χ0) is 15.1. The second-order valence-electron chi connectivity index (χ2n) is 6.56. The second-order valence-corrected chi connectivity index (χ2v) is 6.56. The average molecular weight is 298 g/mol. The first-order valence-electron chi connectivity index (χ1n) is 8.21. The van der Waals surface area contributed by atoms with Crippen LogP contribution in [0.2, 0.25) is 0 Å². The first-order chi connectivity index (χ1) is 10.7. The number of hydrogen-bond acceptors (Lipinski definition) is 3. The number of aryl methyl sites for hydroxylation is 1. The second kappa shape index (κ2) is 5.39. The van der Waals surface area contributed by atoms with E-state index in [-0.39, 0.29) is 11.9 Å². The Kier molecular flexibility index (Phi) is 3.37. The summed E-state index contributed by atoms with van der Waals surface area (Å²) in [7, 11) is 0. The van der Waals surface area contributed by atoms with Crippen LogP contribution in [0.3, 0.4) is 0 Å². The summed E-state index contributed by atoms with van der Waals surface area (Å²) in [5.74, 6) is -0.0428. The highest BCUT2D eigenvalue weighted by atomic mass is 16.2. The van der Waals surface area contributed by atoms with Crippen molar-refractivity contribution in [3.05, 3.63) is 35.8 Å². The average Bonchev–Trinajstić information content (AvgIpc) is 3.11. The van der Waals surface area contributed by atoms with Crippen LogP contribution in [-0.2, 0) is 0 Å². The predicted molar refractivity (Wildman–Crippen MR) is 85.0 cm³/mol. The van der Waals surface area contributed by atoms with E-state index >= 15 is 0 Å². The molecule has 4 rings (SSSR count). The Morgan fingerprint density at radius 2 is 2.23 bits per heavy atom. The van der Waals surface area contributed by atoms with Crippen LogP contribution in [0.5, 0.6) is 0 Å². The highest BCUT2D eigenvalue weighted by molar-refractivity contribution is 5.93. The molecule has 1 amide bonds. The van der Waals surface area contributed by atoms with Gasteiger partial charge in [0.2, 0.25) is 0 Å². The SMILES string of the molecule is Cc1ccn2cc(C(=O)N[C@@H]3CCN4CCCC[C@H]34)nc2c1. The zero-order valence-corrected chi connectivity index (χ0v) is 13.0. The lowest BCUT2D eigenvalue weighted by atomic mass is 9.99. The molecule has 0 saturated carbocycles. The molecule has 5 heteroatoms. The number of nitrogens with zero attached hydrogens (tertiary/aromatic N) is 3. The third kappa shape index (κ3) is 2.39. The van der Waals surface area contributed by atoms with Crippen LogP contribution in [0.1, 0.15) is 41.7 Å². The number of piperidine rings is 1. The van der Waals surface area contributed by atoms with Gasteiger partial charge >= 0.3 is 0 Å². The van der Waals surface area contributed by atoms with Gasteiger partial charge in [-0.3, -0.25) is 9.69 Å². The number of pyridine rings is 1. The van der Waals surface area contributed by atoms with Gasteiger partial charge in [-0.15, -0.1) is 0 Å². The monoisotopic (exact) mass is 298 g/mol. The van der Waals surface area contributed by atoms with E-state index in [1.807, 2.05) is 35.9 Å². The van der Waals surface area contributed by atoms with Crippen molar-refractivity contribution in [2.75, 3.05) is 13.1 Å². The largest absolute Gasteiger partial charge is 0.346 e. The summed E-state index contributed by atoms with van der Waals surface area (Å²) in [4.78, 5) is 19.5. The molecule has 1 N–H and O–H groups in total. The fourth-order valence-electron chi connectivity index (χ4n) is 3.85. The summed E-state index contributed by atoms with van der Waals surface area (Å²) < 4.78 is 1.91. The standard InChI is InChI=1S/C17H22N4O/c1-12-5-8-21-11-14(18-16(21)10-12)17(22)19-13-6-9-20-7-3-2-4-15(13)20/h5,8,10-11,13,15H,2-4,6-7,9H2,1H3,(H,19,22)/t13-,15-/m1/s1. The summed E-state index contributed by atoms with van der Waals surface area (Å²) in [5, 5.41) is 3.21. The molecule has 0 spiro atoms. The Hall–Kier alpha value is -1.88. The highest BCUT2D eigenvalue weighted by Crippen LogP contribution is 2.27. The molecule has 2 aliphatic heterocycles. The van der Waals surface area contributed by atoms with E-state index < -0.39 is 0 Å². The molecule has 0 unspecified atom stereocenters. The summed E-state index contributed by atoms with van der Waals surface area (Å²) in [6.07, 6.45) is 8.60. The fourth-order valence-corrected chi connectivity index (χ4v) is 3.85. The van der Waals surface area contributed by atoms with Gasteiger partial charge in [0.25, 0.3) is 5.91 Å². The lowest BCUT2D eigenvalue weighted by Crippen LogP contribution is -2.46. The molecule has 2 atom stereocenters. The van der Waals surface area contributed by atoms with Gasteiger partial charge in [-0.2, -0.15) is 0 Å². The molecule has 0 bridgehead atoms. The smallest absolute Gasteiger partial charge is 0.271 e. The van der Waals surface area contributed by atoms with E-state index in [2.05, 4.69) is 15.2 Å². The number of fused-ring (bicyclic) bond motifs is 2. The van der Waals surface area contributed by atoms with E-state index in [0.717, 1.165) is 24.2 Å². The zero-order valence-electron chi connectivity index (χ0n) is 13.0. The molecule has 116 valence electrons. The van der Waals surface area contributed by atoms with Gasteiger partial charge in [0.1, 0.15) is 11.3 Å². The van der Waals surface area contributed by atoms with E-state index in [1.165, 1.54) is 25.8 Å². The molecular formula is C17H22N4O. The Morgan fingerprint density at radius 3 is 3.14 bits per heavy atom. The van der Waals surface area contributed by atoms with Gasteiger partial charge in [0, 0.05) is 31.0 Å². The number of amides is 1. The maximum Gasteiger partial charge on any atom is 0.271 e. The van der Waals surface area contributed by atoms with Crippen molar-refractivity contribution in [1.29, 1.82) is 0 Å². The van der Waals surface area contributed by atoms with Gasteiger partial charge in [-0.1, -0.05) is 6.42 Å². The maximum atomic E-state index is 12.5. The van der Waals surface area contributed by atoms with Crippen molar-refractivity contribution in [1.82, 2.24) is 19.6 Å². The van der Waals surface area contributed by atoms with Crippen molar-refractivity contribution in [3.8, 4) is 0 Å².